The number of hydrogen-bond donors (Lipinski definition) is 3. The molecule has 4 aliphatic rings. The molecule has 0 aliphatic carbocycles. The zero-order valence-electron chi connectivity index (χ0n) is 27.9. The highest BCUT2D eigenvalue weighted by Gasteiger charge is 2.39. The number of likely N-dealkylation sites (tertiary alicyclic amines) is 3. The van der Waals surface area contributed by atoms with Crippen LogP contribution < -0.4 is 5.32 Å². The zero-order valence-corrected chi connectivity index (χ0v) is 27.9. The molecule has 0 aromatic heterocycles. The number of rotatable bonds is 7. The van der Waals surface area contributed by atoms with Gasteiger partial charge in [0.1, 0.15) is 11.8 Å². The van der Waals surface area contributed by atoms with Gasteiger partial charge in [0.15, 0.2) is 6.10 Å². The van der Waals surface area contributed by atoms with Crippen molar-refractivity contribution in [3.05, 3.63) is 58.7 Å². The molecule has 48 heavy (non-hydrogen) atoms. The number of carboxylic acid groups (broad SMARTS) is 1. The molecule has 2 aromatic carbocycles. The Hall–Kier alpha value is -4.32. The molecule has 12 nitrogen and oxygen atoms in total. The molecule has 0 saturated carbocycles. The SMILES string of the molecule is Cc1cc(C[C@@H](OC(=O)N2CCC(N3CCc4ccccc4NC3=O)CC2)C(=O)N2CCC(N3CCC[C@@H]3C(=O)O)CC2)cc(C)c1O. The van der Waals surface area contributed by atoms with E-state index in [-0.39, 0.29) is 36.2 Å². The van der Waals surface area contributed by atoms with Gasteiger partial charge in [-0.3, -0.25) is 14.5 Å². The summed E-state index contributed by atoms with van der Waals surface area (Å²) in [5.41, 5.74) is 4.10. The van der Waals surface area contributed by atoms with Crippen molar-refractivity contribution in [1.82, 2.24) is 19.6 Å². The predicted molar refractivity (Wildman–Crippen MR) is 179 cm³/mol. The molecule has 0 unspecified atom stereocenters. The van der Waals surface area contributed by atoms with E-state index in [1.807, 2.05) is 41.3 Å². The van der Waals surface area contributed by atoms with Crippen molar-refractivity contribution in [2.45, 2.75) is 89.4 Å². The molecule has 4 amide bonds. The fourth-order valence-electron chi connectivity index (χ4n) is 7.96. The lowest BCUT2D eigenvalue weighted by molar-refractivity contribution is -0.146. The highest BCUT2D eigenvalue weighted by Crippen LogP contribution is 2.29. The number of carboxylic acids is 1. The second-order valence-electron chi connectivity index (χ2n) is 13.7. The zero-order chi connectivity index (χ0) is 33.9. The van der Waals surface area contributed by atoms with Crippen LogP contribution in [0, 0.1) is 13.8 Å². The van der Waals surface area contributed by atoms with Crippen molar-refractivity contribution in [3.8, 4) is 5.75 Å². The summed E-state index contributed by atoms with van der Waals surface area (Å²) in [4.78, 5) is 59.7. The number of amides is 4. The minimum atomic E-state index is -1.05. The summed E-state index contributed by atoms with van der Waals surface area (Å²) in [6, 6.07) is 11.0. The number of aliphatic carboxylic acids is 1. The van der Waals surface area contributed by atoms with E-state index in [4.69, 9.17) is 4.74 Å². The van der Waals surface area contributed by atoms with Gasteiger partial charge in [-0.2, -0.15) is 0 Å². The smallest absolute Gasteiger partial charge is 0.410 e. The molecule has 12 heteroatoms. The molecule has 0 bridgehead atoms. The van der Waals surface area contributed by atoms with Crippen LogP contribution in [-0.2, 0) is 27.2 Å². The monoisotopic (exact) mass is 661 g/mol. The first-order valence-electron chi connectivity index (χ1n) is 17.3. The van der Waals surface area contributed by atoms with Crippen molar-refractivity contribution in [2.24, 2.45) is 0 Å². The summed E-state index contributed by atoms with van der Waals surface area (Å²) < 4.78 is 6.01. The summed E-state index contributed by atoms with van der Waals surface area (Å²) in [6.07, 6.45) is 3.37. The summed E-state index contributed by atoms with van der Waals surface area (Å²) in [6.45, 7) is 6.69. The number of hydrogen-bond acceptors (Lipinski definition) is 7. The number of nitrogens with one attached hydrogen (secondary N) is 1. The molecule has 258 valence electrons. The maximum atomic E-state index is 14.0. The third kappa shape index (κ3) is 7.23. The maximum Gasteiger partial charge on any atom is 0.410 e. The van der Waals surface area contributed by atoms with Gasteiger partial charge in [0.2, 0.25) is 0 Å². The molecule has 2 aromatic rings. The predicted octanol–water partition coefficient (Wildman–Crippen LogP) is 4.15. The molecular formula is C36H47N5O7. The first-order valence-corrected chi connectivity index (χ1v) is 17.3. The Morgan fingerprint density at radius 3 is 2.23 bits per heavy atom. The molecular weight excluding hydrogens is 614 g/mol. The van der Waals surface area contributed by atoms with Gasteiger partial charge in [-0.15, -0.1) is 0 Å². The van der Waals surface area contributed by atoms with E-state index in [0.29, 0.717) is 76.0 Å². The highest BCUT2D eigenvalue weighted by molar-refractivity contribution is 5.91. The number of nitrogens with zero attached hydrogens (tertiary/aromatic N) is 4. The van der Waals surface area contributed by atoms with Crippen molar-refractivity contribution in [2.75, 3.05) is 44.6 Å². The number of para-hydroxylation sites is 1. The van der Waals surface area contributed by atoms with Crippen LogP contribution in [0.1, 0.15) is 60.8 Å². The van der Waals surface area contributed by atoms with Crippen LogP contribution in [-0.4, -0.2) is 117 Å². The number of ether oxygens (including phenoxy) is 1. The van der Waals surface area contributed by atoms with Gasteiger partial charge in [0.25, 0.3) is 5.91 Å². The number of fused-ring (bicyclic) bond motifs is 1. The van der Waals surface area contributed by atoms with E-state index in [2.05, 4.69) is 10.2 Å². The van der Waals surface area contributed by atoms with Crippen LogP contribution in [0.4, 0.5) is 15.3 Å². The Kier molecular flexibility index (Phi) is 10.1. The van der Waals surface area contributed by atoms with Crippen LogP contribution in [0.5, 0.6) is 5.75 Å². The van der Waals surface area contributed by atoms with E-state index in [1.165, 1.54) is 0 Å². The van der Waals surface area contributed by atoms with Crippen LogP contribution in [0.25, 0.3) is 0 Å². The normalized spacial score (nSPS) is 21.8. The lowest BCUT2D eigenvalue weighted by atomic mass is 9.98. The quantitative estimate of drug-likeness (QED) is 0.402. The second-order valence-corrected chi connectivity index (χ2v) is 13.7. The molecule has 2 atom stereocenters. The summed E-state index contributed by atoms with van der Waals surface area (Å²) in [5, 5.41) is 23.0. The Labute approximate surface area is 281 Å². The van der Waals surface area contributed by atoms with E-state index in [1.54, 1.807) is 23.6 Å². The van der Waals surface area contributed by atoms with Gasteiger partial charge >= 0.3 is 18.1 Å². The first-order chi connectivity index (χ1) is 23.1. The van der Waals surface area contributed by atoms with Crippen molar-refractivity contribution >= 4 is 29.7 Å². The number of anilines is 1. The van der Waals surface area contributed by atoms with E-state index >= 15 is 0 Å². The van der Waals surface area contributed by atoms with Crippen molar-refractivity contribution in [3.63, 3.8) is 0 Å². The van der Waals surface area contributed by atoms with E-state index in [9.17, 15) is 29.4 Å². The van der Waals surface area contributed by atoms with Gasteiger partial charge in [0, 0.05) is 56.9 Å². The summed E-state index contributed by atoms with van der Waals surface area (Å²) in [5.74, 6) is -0.856. The minimum absolute atomic E-state index is 0.0126. The third-order valence-electron chi connectivity index (χ3n) is 10.6. The van der Waals surface area contributed by atoms with Crippen LogP contribution in [0.15, 0.2) is 36.4 Å². The maximum absolute atomic E-state index is 14.0. The van der Waals surface area contributed by atoms with E-state index < -0.39 is 24.2 Å². The lowest BCUT2D eigenvalue weighted by Crippen LogP contribution is -2.53. The van der Waals surface area contributed by atoms with Gasteiger partial charge in [-0.1, -0.05) is 30.3 Å². The minimum Gasteiger partial charge on any atom is -0.507 e. The van der Waals surface area contributed by atoms with Crippen molar-refractivity contribution in [1.29, 1.82) is 0 Å². The number of aromatic hydroxyl groups is 1. The number of piperidine rings is 2. The molecule has 6 rings (SSSR count). The van der Waals surface area contributed by atoms with E-state index in [0.717, 1.165) is 36.2 Å². The van der Waals surface area contributed by atoms with Gasteiger partial charge in [0.05, 0.1) is 0 Å². The number of carbonyl (C=O) groups is 4. The fraction of sp³-hybridized carbons (Fsp3) is 0.556. The van der Waals surface area contributed by atoms with Crippen LogP contribution in [0.2, 0.25) is 0 Å². The Morgan fingerprint density at radius 1 is 0.896 bits per heavy atom. The second kappa shape index (κ2) is 14.4. The lowest BCUT2D eigenvalue weighted by Gasteiger charge is -2.40. The molecule has 4 heterocycles. The molecule has 4 aliphatic heterocycles. The topological polar surface area (TPSA) is 143 Å². The molecule has 3 fully saturated rings. The van der Waals surface area contributed by atoms with Gasteiger partial charge in [-0.25, -0.2) is 9.59 Å². The average molecular weight is 662 g/mol. The summed E-state index contributed by atoms with van der Waals surface area (Å²) >= 11 is 0. The molecule has 0 radical (unpaired) electrons. The highest BCUT2D eigenvalue weighted by atomic mass is 16.6. The number of carbonyl (C=O) groups excluding carboxylic acids is 3. The third-order valence-corrected chi connectivity index (χ3v) is 10.6. The van der Waals surface area contributed by atoms with Gasteiger partial charge in [-0.05, 0) is 93.7 Å². The number of phenolic OH excluding ortho intramolecular Hbond substituents is 1. The molecule has 3 saturated heterocycles. The molecule has 3 N–H and O–H groups in total. The number of urea groups is 1. The Balaban J connectivity index is 1.09. The molecule has 0 spiro atoms. The number of phenols is 1. The largest absolute Gasteiger partial charge is 0.507 e. The first kappa shape index (κ1) is 33.6. The fourth-order valence-corrected chi connectivity index (χ4v) is 7.96. The van der Waals surface area contributed by atoms with Gasteiger partial charge < -0.3 is 35.0 Å². The number of aryl methyl sites for hydroxylation is 2. The Bertz CT molecular complexity index is 1510. The summed E-state index contributed by atoms with van der Waals surface area (Å²) in [7, 11) is 0. The standard InChI is InChI=1S/C36H47N5O7/c1-23-20-25(21-24(2)32(23)42)22-31(33(43)38-15-10-27(11-16-38)40-14-5-8-30(40)34(44)45)48-36(47)39-17-12-28(13-18-39)41-19-9-26-6-3-4-7-29(26)37-35(41)46/h3-4,6-7,20-21,27-28,30-31,42H,5,8-19,22H2,1-2H3,(H,37,46)(H,44,45)/t30-,31-/m1/s1. The number of benzene rings is 2. The van der Waals surface area contributed by atoms with Crippen LogP contribution in [0.3, 0.4) is 0 Å². The average Bonchev–Trinajstić information content (AvgIpc) is 3.52. The van der Waals surface area contributed by atoms with Crippen LogP contribution >= 0.6 is 0 Å². The Morgan fingerprint density at radius 2 is 1.54 bits per heavy atom. The van der Waals surface area contributed by atoms with Crippen molar-refractivity contribution < 1.29 is 34.1 Å².